The van der Waals surface area contributed by atoms with E-state index in [-0.39, 0.29) is 11.5 Å². The minimum absolute atomic E-state index is 0.167. The van der Waals surface area contributed by atoms with Gasteiger partial charge >= 0.3 is 0 Å². The predicted molar refractivity (Wildman–Crippen MR) is 76.3 cm³/mol. The van der Waals surface area contributed by atoms with Gasteiger partial charge in [-0.2, -0.15) is 0 Å². The number of ether oxygens (including phenoxy) is 1. The summed E-state index contributed by atoms with van der Waals surface area (Å²) in [4.78, 5) is 11.5. The number of rotatable bonds is 5. The van der Waals surface area contributed by atoms with Crippen LogP contribution in [0.5, 0.6) is 5.75 Å². The fourth-order valence-electron chi connectivity index (χ4n) is 1.90. The molecule has 3 nitrogen and oxygen atoms in total. The van der Waals surface area contributed by atoms with Crippen molar-refractivity contribution in [2.75, 3.05) is 6.54 Å². The third-order valence-electron chi connectivity index (χ3n) is 3.01. The molecule has 104 valence electrons. The molecule has 1 aliphatic rings. The lowest BCUT2D eigenvalue weighted by atomic mass is 10.1. The van der Waals surface area contributed by atoms with Crippen LogP contribution in [0.25, 0.3) is 0 Å². The van der Waals surface area contributed by atoms with Crippen molar-refractivity contribution in [1.82, 2.24) is 5.32 Å². The average molecular weight is 261 g/mol. The van der Waals surface area contributed by atoms with Gasteiger partial charge in [-0.3, -0.25) is 4.79 Å². The van der Waals surface area contributed by atoms with Crippen molar-refractivity contribution in [3.05, 3.63) is 29.8 Å². The van der Waals surface area contributed by atoms with E-state index in [0.29, 0.717) is 5.92 Å². The van der Waals surface area contributed by atoms with E-state index in [4.69, 9.17) is 4.74 Å². The van der Waals surface area contributed by atoms with Crippen molar-refractivity contribution in [2.45, 2.75) is 45.6 Å². The first kappa shape index (κ1) is 13.9. The highest BCUT2D eigenvalue weighted by atomic mass is 16.5. The molecule has 2 rings (SSSR count). The first-order valence-electron chi connectivity index (χ1n) is 7.00. The first-order valence-corrected chi connectivity index (χ1v) is 7.00. The molecule has 0 atom stereocenters. The Morgan fingerprint density at radius 2 is 1.89 bits per heavy atom. The van der Waals surface area contributed by atoms with E-state index >= 15 is 0 Å². The fraction of sp³-hybridized carbons (Fsp3) is 0.562. The molecule has 0 radical (unpaired) electrons. The van der Waals surface area contributed by atoms with Crippen LogP contribution in [0.1, 0.15) is 39.2 Å². The zero-order valence-electron chi connectivity index (χ0n) is 12.0. The maximum absolute atomic E-state index is 11.5. The Labute approximate surface area is 115 Å². The molecule has 1 N–H and O–H groups in total. The zero-order valence-corrected chi connectivity index (χ0v) is 12.0. The minimum Gasteiger partial charge on any atom is -0.488 e. The number of amides is 1. The molecule has 0 unspecified atom stereocenters. The highest BCUT2D eigenvalue weighted by Gasteiger charge is 2.28. The Kier molecular flexibility index (Phi) is 4.13. The topological polar surface area (TPSA) is 38.3 Å². The molecule has 1 aromatic rings. The summed E-state index contributed by atoms with van der Waals surface area (Å²) in [6.07, 6.45) is 2.99. The van der Waals surface area contributed by atoms with Gasteiger partial charge in [-0.1, -0.05) is 12.1 Å². The van der Waals surface area contributed by atoms with Crippen LogP contribution < -0.4 is 10.1 Å². The van der Waals surface area contributed by atoms with E-state index in [1.54, 1.807) is 0 Å². The quantitative estimate of drug-likeness (QED) is 0.885. The van der Waals surface area contributed by atoms with Gasteiger partial charge in [0, 0.05) is 12.5 Å². The van der Waals surface area contributed by atoms with Crippen LogP contribution in [0.15, 0.2) is 24.3 Å². The molecule has 1 aliphatic carbocycles. The van der Waals surface area contributed by atoms with Crippen LogP contribution in [0, 0.1) is 5.92 Å². The Morgan fingerprint density at radius 3 is 2.42 bits per heavy atom. The molecule has 0 aliphatic heterocycles. The Bertz CT molecular complexity index is 427. The van der Waals surface area contributed by atoms with E-state index < -0.39 is 0 Å². The lowest BCUT2D eigenvalue weighted by molar-refractivity contribution is -0.122. The molecule has 0 aromatic heterocycles. The van der Waals surface area contributed by atoms with E-state index in [1.165, 1.54) is 5.56 Å². The van der Waals surface area contributed by atoms with Crippen LogP contribution in [-0.2, 0) is 11.2 Å². The molecule has 0 bridgehead atoms. The molecule has 1 amide bonds. The van der Waals surface area contributed by atoms with E-state index in [1.807, 2.05) is 32.9 Å². The van der Waals surface area contributed by atoms with Crippen molar-refractivity contribution in [3.8, 4) is 5.75 Å². The lowest BCUT2D eigenvalue weighted by Crippen LogP contribution is -2.26. The smallest absolute Gasteiger partial charge is 0.223 e. The average Bonchev–Trinajstić information content (AvgIpc) is 3.13. The van der Waals surface area contributed by atoms with Gasteiger partial charge in [-0.25, -0.2) is 0 Å². The van der Waals surface area contributed by atoms with Gasteiger partial charge in [0.25, 0.3) is 0 Å². The third-order valence-corrected chi connectivity index (χ3v) is 3.01. The molecular weight excluding hydrogens is 238 g/mol. The summed E-state index contributed by atoms with van der Waals surface area (Å²) in [6.45, 7) is 6.83. The Morgan fingerprint density at radius 1 is 1.26 bits per heavy atom. The standard InChI is InChI=1S/C16H23NO2/c1-16(2,3)19-14-8-4-12(5-9-14)10-11-17-15(18)13-6-7-13/h4-5,8-9,13H,6-7,10-11H2,1-3H3,(H,17,18). The van der Waals surface area contributed by atoms with Crippen molar-refractivity contribution in [1.29, 1.82) is 0 Å². The zero-order chi connectivity index (χ0) is 13.9. The number of carbonyl (C=O) groups is 1. The number of hydrogen-bond donors (Lipinski definition) is 1. The van der Waals surface area contributed by atoms with Gasteiger partial charge in [-0.15, -0.1) is 0 Å². The molecule has 0 saturated heterocycles. The second kappa shape index (κ2) is 5.64. The number of hydrogen-bond acceptors (Lipinski definition) is 2. The largest absolute Gasteiger partial charge is 0.488 e. The summed E-state index contributed by atoms with van der Waals surface area (Å²) in [5, 5.41) is 2.98. The van der Waals surface area contributed by atoms with Gasteiger partial charge in [0.05, 0.1) is 0 Å². The highest BCUT2D eigenvalue weighted by molar-refractivity contribution is 5.80. The maximum atomic E-state index is 11.5. The normalized spacial score (nSPS) is 15.1. The van der Waals surface area contributed by atoms with Crippen LogP contribution in [0.3, 0.4) is 0 Å². The summed E-state index contributed by atoms with van der Waals surface area (Å²) in [7, 11) is 0. The highest BCUT2D eigenvalue weighted by Crippen LogP contribution is 2.28. The molecule has 3 heteroatoms. The monoisotopic (exact) mass is 261 g/mol. The molecule has 0 heterocycles. The minimum atomic E-state index is -0.167. The van der Waals surface area contributed by atoms with Crippen LogP contribution >= 0.6 is 0 Å². The number of carbonyl (C=O) groups excluding carboxylic acids is 1. The van der Waals surface area contributed by atoms with Crippen molar-refractivity contribution in [2.24, 2.45) is 5.92 Å². The molecule has 1 saturated carbocycles. The fourth-order valence-corrected chi connectivity index (χ4v) is 1.90. The third kappa shape index (κ3) is 4.93. The van der Waals surface area contributed by atoms with Gasteiger partial charge in [-0.05, 0) is 57.7 Å². The summed E-state index contributed by atoms with van der Waals surface area (Å²) in [5.74, 6) is 1.40. The molecule has 19 heavy (non-hydrogen) atoms. The van der Waals surface area contributed by atoms with Gasteiger partial charge in [0.1, 0.15) is 11.4 Å². The SMILES string of the molecule is CC(C)(C)Oc1ccc(CCNC(=O)C2CC2)cc1. The first-order chi connectivity index (χ1) is 8.94. The van der Waals surface area contributed by atoms with Gasteiger partial charge in [0.15, 0.2) is 0 Å². The van der Waals surface area contributed by atoms with Crippen LogP contribution in [0.2, 0.25) is 0 Å². The van der Waals surface area contributed by atoms with E-state index in [9.17, 15) is 4.79 Å². The van der Waals surface area contributed by atoms with Crippen molar-refractivity contribution < 1.29 is 9.53 Å². The maximum Gasteiger partial charge on any atom is 0.223 e. The molecule has 1 aromatic carbocycles. The van der Waals surface area contributed by atoms with Gasteiger partial charge in [0.2, 0.25) is 5.91 Å². The summed E-state index contributed by atoms with van der Waals surface area (Å²) < 4.78 is 5.77. The Hall–Kier alpha value is -1.51. The second-order valence-electron chi connectivity index (χ2n) is 6.17. The van der Waals surface area contributed by atoms with E-state index in [2.05, 4.69) is 17.4 Å². The van der Waals surface area contributed by atoms with Gasteiger partial charge < -0.3 is 10.1 Å². The number of nitrogens with one attached hydrogen (secondary N) is 1. The van der Waals surface area contributed by atoms with Crippen LogP contribution in [-0.4, -0.2) is 18.1 Å². The summed E-state index contributed by atoms with van der Waals surface area (Å²) in [6, 6.07) is 8.10. The Balaban J connectivity index is 1.76. The number of benzene rings is 1. The lowest BCUT2D eigenvalue weighted by Gasteiger charge is -2.21. The molecule has 0 spiro atoms. The predicted octanol–water partition coefficient (Wildman–Crippen LogP) is 2.93. The van der Waals surface area contributed by atoms with Crippen molar-refractivity contribution in [3.63, 3.8) is 0 Å². The summed E-state index contributed by atoms with van der Waals surface area (Å²) >= 11 is 0. The summed E-state index contributed by atoms with van der Waals surface area (Å²) in [5.41, 5.74) is 1.05. The van der Waals surface area contributed by atoms with Crippen LogP contribution in [0.4, 0.5) is 0 Å². The molecular formula is C16H23NO2. The molecule has 1 fully saturated rings. The second-order valence-corrected chi connectivity index (χ2v) is 6.17. The van der Waals surface area contributed by atoms with E-state index in [0.717, 1.165) is 31.6 Å². The van der Waals surface area contributed by atoms with Crippen molar-refractivity contribution >= 4 is 5.91 Å².